The van der Waals surface area contributed by atoms with E-state index in [1.165, 1.54) is 12.7 Å². The molecule has 0 radical (unpaired) electrons. The summed E-state index contributed by atoms with van der Waals surface area (Å²) in [7, 11) is -3.51. The largest absolute Gasteiger partial charge is 0.451 e. The molecule has 1 N–H and O–H groups in total. The van der Waals surface area contributed by atoms with E-state index in [-0.39, 0.29) is 11.4 Å². The Morgan fingerprint density at radius 2 is 1.95 bits per heavy atom. The third kappa shape index (κ3) is 3.42. The lowest BCUT2D eigenvalue weighted by molar-refractivity contribution is 0.555. The van der Waals surface area contributed by atoms with Crippen molar-refractivity contribution in [2.75, 3.05) is 0 Å². The summed E-state index contributed by atoms with van der Waals surface area (Å²) >= 11 is 0. The Morgan fingerprint density at radius 3 is 2.47 bits per heavy atom. The number of hydrogen-bond donors (Lipinski definition) is 1. The number of rotatable bonds is 5. The molecule has 0 unspecified atom stereocenters. The second-order valence-corrected chi connectivity index (χ2v) is 6.30. The van der Waals surface area contributed by atoms with Crippen LogP contribution >= 0.6 is 0 Å². The van der Waals surface area contributed by atoms with Crippen molar-refractivity contribution >= 4 is 10.0 Å². The lowest BCUT2D eigenvalue weighted by Crippen LogP contribution is -2.23. The number of nitrogens with one attached hydrogen (secondary N) is 1. The van der Waals surface area contributed by atoms with Crippen LogP contribution in [-0.4, -0.2) is 13.4 Å². The lowest BCUT2D eigenvalue weighted by atomic mass is 10.0. The molecule has 0 aliphatic rings. The van der Waals surface area contributed by atoms with E-state index < -0.39 is 10.0 Å². The first kappa shape index (κ1) is 13.8. The zero-order valence-corrected chi connectivity index (χ0v) is 11.6. The highest BCUT2D eigenvalue weighted by Gasteiger charge is 2.14. The third-order valence-corrected chi connectivity index (χ3v) is 4.20. The summed E-state index contributed by atoms with van der Waals surface area (Å²) in [6.45, 7) is 4.24. The predicted octanol–water partition coefficient (Wildman–Crippen LogP) is 2.28. The van der Waals surface area contributed by atoms with Gasteiger partial charge in [0.25, 0.3) is 0 Å². The molecular weight excluding hydrogens is 264 g/mol. The fraction of sp³-hybridized carbons (Fsp3) is 0.308. The van der Waals surface area contributed by atoms with Crippen molar-refractivity contribution in [3.8, 4) is 0 Å². The molecule has 0 saturated carbocycles. The van der Waals surface area contributed by atoms with Crippen molar-refractivity contribution in [2.24, 2.45) is 0 Å². The second-order valence-electron chi connectivity index (χ2n) is 4.53. The van der Waals surface area contributed by atoms with Crippen LogP contribution in [0.1, 0.15) is 31.0 Å². The van der Waals surface area contributed by atoms with Gasteiger partial charge in [0.1, 0.15) is 6.26 Å². The van der Waals surface area contributed by atoms with Crippen molar-refractivity contribution < 1.29 is 12.8 Å². The van der Waals surface area contributed by atoms with Gasteiger partial charge in [-0.15, -0.1) is 0 Å². The Bertz CT molecular complexity index is 616. The molecule has 102 valence electrons. The van der Waals surface area contributed by atoms with Gasteiger partial charge in [-0.05, 0) is 23.6 Å². The highest BCUT2D eigenvalue weighted by molar-refractivity contribution is 7.89. The van der Waals surface area contributed by atoms with Crippen LogP contribution in [0.25, 0.3) is 0 Å². The lowest BCUT2D eigenvalue weighted by Gasteiger charge is -2.08. The fourth-order valence-corrected chi connectivity index (χ4v) is 2.61. The number of sulfonamides is 1. The standard InChI is InChI=1S/C13H16N2O3S/c1-10(2)11-3-5-13(6-4-11)19(16,17)15-7-12-8-18-9-14-12/h3-6,8-10,15H,7H2,1-2H3. The maximum absolute atomic E-state index is 12.0. The van der Waals surface area contributed by atoms with Crippen molar-refractivity contribution in [1.29, 1.82) is 0 Å². The highest BCUT2D eigenvalue weighted by Crippen LogP contribution is 2.17. The van der Waals surface area contributed by atoms with E-state index in [9.17, 15) is 8.42 Å². The number of aromatic nitrogens is 1. The maximum atomic E-state index is 12.0. The van der Waals surface area contributed by atoms with Crippen molar-refractivity contribution in [1.82, 2.24) is 9.71 Å². The van der Waals surface area contributed by atoms with Gasteiger partial charge in [-0.1, -0.05) is 26.0 Å². The van der Waals surface area contributed by atoms with Crippen LogP contribution in [0, 0.1) is 0 Å². The maximum Gasteiger partial charge on any atom is 0.240 e. The van der Waals surface area contributed by atoms with Gasteiger partial charge in [0.2, 0.25) is 10.0 Å². The number of oxazole rings is 1. The average Bonchev–Trinajstić information content (AvgIpc) is 2.90. The number of benzene rings is 1. The van der Waals surface area contributed by atoms with E-state index in [4.69, 9.17) is 4.42 Å². The second kappa shape index (κ2) is 5.54. The fourth-order valence-electron chi connectivity index (χ4n) is 1.61. The summed E-state index contributed by atoms with van der Waals surface area (Å²) in [4.78, 5) is 4.11. The molecule has 0 aliphatic heterocycles. The predicted molar refractivity (Wildman–Crippen MR) is 71.1 cm³/mol. The van der Waals surface area contributed by atoms with E-state index in [0.29, 0.717) is 11.6 Å². The van der Waals surface area contributed by atoms with Gasteiger partial charge in [-0.25, -0.2) is 18.1 Å². The van der Waals surface area contributed by atoms with Gasteiger partial charge in [0.15, 0.2) is 6.39 Å². The quantitative estimate of drug-likeness (QED) is 0.912. The summed E-state index contributed by atoms with van der Waals surface area (Å²) in [5.74, 6) is 0.375. The van der Waals surface area contributed by atoms with Crippen LogP contribution in [0.2, 0.25) is 0 Å². The molecule has 1 aromatic heterocycles. The van der Waals surface area contributed by atoms with E-state index in [0.717, 1.165) is 5.56 Å². The van der Waals surface area contributed by atoms with Crippen LogP contribution in [0.15, 0.2) is 46.2 Å². The van der Waals surface area contributed by atoms with Crippen LogP contribution < -0.4 is 4.72 Å². The zero-order chi connectivity index (χ0) is 13.9. The normalized spacial score (nSPS) is 11.9. The SMILES string of the molecule is CC(C)c1ccc(S(=O)(=O)NCc2cocn2)cc1. The molecule has 0 aliphatic carbocycles. The van der Waals surface area contributed by atoms with Crippen molar-refractivity contribution in [3.05, 3.63) is 48.2 Å². The molecule has 19 heavy (non-hydrogen) atoms. The molecule has 0 spiro atoms. The van der Waals surface area contributed by atoms with Gasteiger partial charge in [0.05, 0.1) is 17.1 Å². The van der Waals surface area contributed by atoms with Gasteiger partial charge in [-0.3, -0.25) is 0 Å². The molecule has 0 atom stereocenters. The Kier molecular flexibility index (Phi) is 4.01. The number of nitrogens with zero attached hydrogens (tertiary/aromatic N) is 1. The topological polar surface area (TPSA) is 72.2 Å². The minimum absolute atomic E-state index is 0.116. The van der Waals surface area contributed by atoms with Crippen LogP contribution in [-0.2, 0) is 16.6 Å². The molecule has 1 aromatic carbocycles. The molecule has 2 rings (SSSR count). The molecule has 1 heterocycles. The molecule has 0 amide bonds. The van der Waals surface area contributed by atoms with E-state index in [1.807, 2.05) is 12.1 Å². The van der Waals surface area contributed by atoms with Crippen LogP contribution in [0.3, 0.4) is 0 Å². The third-order valence-electron chi connectivity index (χ3n) is 2.78. The minimum atomic E-state index is -3.51. The highest BCUT2D eigenvalue weighted by atomic mass is 32.2. The first-order chi connectivity index (χ1) is 8.99. The molecular formula is C13H16N2O3S. The first-order valence-corrected chi connectivity index (χ1v) is 7.44. The minimum Gasteiger partial charge on any atom is -0.451 e. The Balaban J connectivity index is 2.10. The van der Waals surface area contributed by atoms with Gasteiger partial charge < -0.3 is 4.42 Å². The molecule has 0 bridgehead atoms. The Morgan fingerprint density at radius 1 is 1.26 bits per heavy atom. The van der Waals surface area contributed by atoms with E-state index >= 15 is 0 Å². The summed E-state index contributed by atoms with van der Waals surface area (Å²) in [5, 5.41) is 0. The number of hydrogen-bond acceptors (Lipinski definition) is 4. The van der Waals surface area contributed by atoms with Crippen LogP contribution in [0.5, 0.6) is 0 Å². The zero-order valence-electron chi connectivity index (χ0n) is 10.8. The van der Waals surface area contributed by atoms with E-state index in [1.54, 1.807) is 12.1 Å². The molecule has 5 nitrogen and oxygen atoms in total. The molecule has 6 heteroatoms. The summed E-state index contributed by atoms with van der Waals surface area (Å²) in [6.07, 6.45) is 2.67. The summed E-state index contributed by atoms with van der Waals surface area (Å²) in [5.41, 5.74) is 1.65. The van der Waals surface area contributed by atoms with Crippen LogP contribution in [0.4, 0.5) is 0 Å². The van der Waals surface area contributed by atoms with E-state index in [2.05, 4.69) is 23.6 Å². The molecule has 0 saturated heterocycles. The van der Waals surface area contributed by atoms with Gasteiger partial charge in [-0.2, -0.15) is 0 Å². The van der Waals surface area contributed by atoms with Gasteiger partial charge in [0, 0.05) is 0 Å². The smallest absolute Gasteiger partial charge is 0.240 e. The summed E-state index contributed by atoms with van der Waals surface area (Å²) < 4.78 is 31.3. The molecule has 0 fully saturated rings. The van der Waals surface area contributed by atoms with Gasteiger partial charge >= 0.3 is 0 Å². The average molecular weight is 280 g/mol. The summed E-state index contributed by atoms with van der Waals surface area (Å²) in [6, 6.07) is 6.88. The monoisotopic (exact) mass is 280 g/mol. The van der Waals surface area contributed by atoms with Crippen molar-refractivity contribution in [2.45, 2.75) is 31.2 Å². The molecule has 2 aromatic rings. The van der Waals surface area contributed by atoms with Crippen molar-refractivity contribution in [3.63, 3.8) is 0 Å². The Labute approximate surface area is 112 Å². The Hall–Kier alpha value is -1.66. The first-order valence-electron chi connectivity index (χ1n) is 5.96.